The van der Waals surface area contributed by atoms with Gasteiger partial charge >= 0.3 is 0 Å². The van der Waals surface area contributed by atoms with Crippen LogP contribution in [0.15, 0.2) is 35.4 Å². The zero-order valence-electron chi connectivity index (χ0n) is 16.0. The third kappa shape index (κ3) is 4.05. The molecule has 0 saturated carbocycles. The maximum Gasteiger partial charge on any atom is 0.227 e. The van der Waals surface area contributed by atoms with E-state index in [1.807, 2.05) is 17.9 Å². The van der Waals surface area contributed by atoms with E-state index in [4.69, 9.17) is 9.51 Å². The number of aromatic nitrogens is 5. The van der Waals surface area contributed by atoms with Gasteiger partial charge in [-0.25, -0.2) is 9.97 Å². The standard InChI is InChI=1S/C20H22N6O2/c1-13-7-16(17-9-21-12-22-10-17)8-18(23-13)15-5-6-26(11-15)20(27)4-3-19-24-14(2)25-28-19/h7-10,12,15H,3-6,11H2,1-2H3. The van der Waals surface area contributed by atoms with Crippen molar-refractivity contribution in [2.24, 2.45) is 0 Å². The molecule has 0 radical (unpaired) electrons. The number of pyridine rings is 1. The van der Waals surface area contributed by atoms with Gasteiger partial charge in [0.25, 0.3) is 0 Å². The topological polar surface area (TPSA) is 97.9 Å². The Hall–Kier alpha value is -3.16. The molecule has 0 spiro atoms. The summed E-state index contributed by atoms with van der Waals surface area (Å²) in [5.41, 5.74) is 3.99. The van der Waals surface area contributed by atoms with Crippen molar-refractivity contribution in [1.82, 2.24) is 30.0 Å². The Morgan fingerprint density at radius 1 is 1.18 bits per heavy atom. The lowest BCUT2D eigenvalue weighted by molar-refractivity contribution is -0.130. The van der Waals surface area contributed by atoms with Crippen molar-refractivity contribution in [3.05, 3.63) is 54.0 Å². The second-order valence-corrected chi connectivity index (χ2v) is 7.11. The van der Waals surface area contributed by atoms with Crippen LogP contribution >= 0.6 is 0 Å². The second-order valence-electron chi connectivity index (χ2n) is 7.11. The van der Waals surface area contributed by atoms with E-state index in [0.29, 0.717) is 31.1 Å². The first-order valence-corrected chi connectivity index (χ1v) is 9.39. The highest BCUT2D eigenvalue weighted by Gasteiger charge is 2.28. The highest BCUT2D eigenvalue weighted by atomic mass is 16.5. The van der Waals surface area contributed by atoms with Crippen molar-refractivity contribution in [3.63, 3.8) is 0 Å². The Labute approximate surface area is 163 Å². The van der Waals surface area contributed by atoms with E-state index >= 15 is 0 Å². The number of carbonyl (C=O) groups is 1. The van der Waals surface area contributed by atoms with E-state index < -0.39 is 0 Å². The molecule has 1 atom stereocenters. The molecule has 3 aromatic rings. The number of hydrogen-bond donors (Lipinski definition) is 0. The van der Waals surface area contributed by atoms with Crippen molar-refractivity contribution in [2.45, 2.75) is 39.0 Å². The van der Waals surface area contributed by atoms with Gasteiger partial charge in [-0.1, -0.05) is 5.16 Å². The quantitative estimate of drug-likeness (QED) is 0.672. The minimum Gasteiger partial charge on any atom is -0.342 e. The number of aryl methyl sites for hydroxylation is 3. The SMILES string of the molecule is Cc1cc(-c2cncnc2)cc(C2CCN(C(=O)CCc3nc(C)no3)C2)n1. The Kier molecular flexibility index (Phi) is 5.10. The van der Waals surface area contributed by atoms with Crippen molar-refractivity contribution in [3.8, 4) is 11.1 Å². The zero-order chi connectivity index (χ0) is 19.5. The molecule has 4 rings (SSSR count). The van der Waals surface area contributed by atoms with Gasteiger partial charge in [0.15, 0.2) is 5.82 Å². The minimum absolute atomic E-state index is 0.114. The molecule has 1 fully saturated rings. The van der Waals surface area contributed by atoms with Crippen LogP contribution in [0.3, 0.4) is 0 Å². The van der Waals surface area contributed by atoms with E-state index in [1.165, 1.54) is 6.33 Å². The molecule has 28 heavy (non-hydrogen) atoms. The normalized spacial score (nSPS) is 16.5. The first-order chi connectivity index (χ1) is 13.6. The maximum atomic E-state index is 12.6. The molecule has 8 nitrogen and oxygen atoms in total. The van der Waals surface area contributed by atoms with Crippen LogP contribution in [0.2, 0.25) is 0 Å². The number of amides is 1. The molecular formula is C20H22N6O2. The van der Waals surface area contributed by atoms with Crippen LogP contribution < -0.4 is 0 Å². The summed E-state index contributed by atoms with van der Waals surface area (Å²) in [6.45, 7) is 5.18. The van der Waals surface area contributed by atoms with Gasteiger partial charge in [-0.05, 0) is 38.0 Å². The Morgan fingerprint density at radius 2 is 2.00 bits per heavy atom. The fraction of sp³-hybridized carbons (Fsp3) is 0.400. The van der Waals surface area contributed by atoms with Gasteiger partial charge in [-0.15, -0.1) is 0 Å². The van der Waals surface area contributed by atoms with Crippen LogP contribution in [0.5, 0.6) is 0 Å². The van der Waals surface area contributed by atoms with Crippen LogP contribution in [0.4, 0.5) is 0 Å². The smallest absolute Gasteiger partial charge is 0.227 e. The van der Waals surface area contributed by atoms with Crippen molar-refractivity contribution in [2.75, 3.05) is 13.1 Å². The fourth-order valence-electron chi connectivity index (χ4n) is 3.56. The summed E-state index contributed by atoms with van der Waals surface area (Å²) in [6, 6.07) is 4.12. The highest BCUT2D eigenvalue weighted by molar-refractivity contribution is 5.76. The van der Waals surface area contributed by atoms with E-state index in [2.05, 4.69) is 26.2 Å². The van der Waals surface area contributed by atoms with Crippen LogP contribution in [0, 0.1) is 13.8 Å². The summed E-state index contributed by atoms with van der Waals surface area (Å²) in [4.78, 5) is 31.5. The lowest BCUT2D eigenvalue weighted by Crippen LogP contribution is -2.28. The van der Waals surface area contributed by atoms with E-state index in [9.17, 15) is 4.79 Å². The van der Waals surface area contributed by atoms with Gasteiger partial charge in [0.05, 0.1) is 0 Å². The Morgan fingerprint density at radius 3 is 2.75 bits per heavy atom. The molecule has 1 aliphatic heterocycles. The number of likely N-dealkylation sites (tertiary alicyclic amines) is 1. The van der Waals surface area contributed by atoms with Gasteiger partial charge in [-0.3, -0.25) is 9.78 Å². The number of carbonyl (C=O) groups excluding carboxylic acids is 1. The van der Waals surface area contributed by atoms with Crippen LogP contribution in [-0.4, -0.2) is 49.0 Å². The lowest BCUT2D eigenvalue weighted by atomic mass is 10.00. The summed E-state index contributed by atoms with van der Waals surface area (Å²) >= 11 is 0. The molecule has 1 aliphatic rings. The molecule has 0 N–H and O–H groups in total. The third-order valence-electron chi connectivity index (χ3n) is 4.95. The molecule has 0 bridgehead atoms. The number of rotatable bonds is 5. The first-order valence-electron chi connectivity index (χ1n) is 9.39. The molecule has 8 heteroatoms. The second kappa shape index (κ2) is 7.84. The van der Waals surface area contributed by atoms with Gasteiger partial charge in [-0.2, -0.15) is 4.98 Å². The van der Waals surface area contributed by atoms with Crippen LogP contribution in [-0.2, 0) is 11.2 Å². The molecule has 3 aromatic heterocycles. The summed E-state index contributed by atoms with van der Waals surface area (Å²) in [6.07, 6.45) is 6.88. The van der Waals surface area contributed by atoms with E-state index in [0.717, 1.165) is 35.5 Å². The van der Waals surface area contributed by atoms with Crippen LogP contribution in [0.1, 0.15) is 41.9 Å². The van der Waals surface area contributed by atoms with Gasteiger partial charge in [0.2, 0.25) is 11.8 Å². The highest BCUT2D eigenvalue weighted by Crippen LogP contribution is 2.29. The van der Waals surface area contributed by atoms with Crippen molar-refractivity contribution >= 4 is 5.91 Å². The van der Waals surface area contributed by atoms with Crippen molar-refractivity contribution < 1.29 is 9.32 Å². The number of hydrogen-bond acceptors (Lipinski definition) is 7. The van der Waals surface area contributed by atoms with E-state index in [-0.39, 0.29) is 11.8 Å². The molecule has 0 aromatic carbocycles. The Balaban J connectivity index is 1.42. The fourth-order valence-corrected chi connectivity index (χ4v) is 3.56. The third-order valence-corrected chi connectivity index (χ3v) is 4.95. The molecule has 0 aliphatic carbocycles. The molecule has 1 amide bonds. The molecular weight excluding hydrogens is 356 g/mol. The molecule has 144 valence electrons. The Bertz CT molecular complexity index is 972. The van der Waals surface area contributed by atoms with Crippen LogP contribution in [0.25, 0.3) is 11.1 Å². The largest absolute Gasteiger partial charge is 0.342 e. The van der Waals surface area contributed by atoms with Crippen molar-refractivity contribution in [1.29, 1.82) is 0 Å². The average Bonchev–Trinajstić information content (AvgIpc) is 3.36. The summed E-state index contributed by atoms with van der Waals surface area (Å²) in [5.74, 6) is 1.45. The monoisotopic (exact) mass is 378 g/mol. The van der Waals surface area contributed by atoms with Gasteiger partial charge in [0.1, 0.15) is 6.33 Å². The lowest BCUT2D eigenvalue weighted by Gasteiger charge is -2.16. The summed E-state index contributed by atoms with van der Waals surface area (Å²) in [5, 5.41) is 3.76. The molecule has 1 unspecified atom stereocenters. The first kappa shape index (κ1) is 18.2. The predicted molar refractivity (Wildman–Crippen MR) is 101 cm³/mol. The molecule has 4 heterocycles. The van der Waals surface area contributed by atoms with Gasteiger partial charge in [0, 0.05) is 61.2 Å². The molecule has 1 saturated heterocycles. The van der Waals surface area contributed by atoms with Gasteiger partial charge < -0.3 is 9.42 Å². The average molecular weight is 378 g/mol. The summed E-state index contributed by atoms with van der Waals surface area (Å²) < 4.78 is 5.08. The predicted octanol–water partition coefficient (Wildman–Crippen LogP) is 2.49. The summed E-state index contributed by atoms with van der Waals surface area (Å²) in [7, 11) is 0. The zero-order valence-corrected chi connectivity index (χ0v) is 16.0. The minimum atomic E-state index is 0.114. The number of nitrogens with zero attached hydrogens (tertiary/aromatic N) is 6. The van der Waals surface area contributed by atoms with E-state index in [1.54, 1.807) is 19.3 Å². The maximum absolute atomic E-state index is 12.6.